The topological polar surface area (TPSA) is 93.2 Å². The Hall–Kier alpha value is -3.25. The Balaban J connectivity index is 0.000000463. The Kier molecular flexibility index (Phi) is 10.9. The van der Waals surface area contributed by atoms with Gasteiger partial charge in [0.1, 0.15) is 5.82 Å². The highest BCUT2D eigenvalue weighted by atomic mass is 35.5. The summed E-state index contributed by atoms with van der Waals surface area (Å²) in [6.07, 6.45) is 10.7. The summed E-state index contributed by atoms with van der Waals surface area (Å²) in [7, 11) is 3.24. The highest BCUT2D eigenvalue weighted by Crippen LogP contribution is 2.36. The molecule has 43 heavy (non-hydrogen) atoms. The molecule has 6 rings (SSSR count). The lowest BCUT2D eigenvalue weighted by Crippen LogP contribution is -2.23. The van der Waals surface area contributed by atoms with Gasteiger partial charge in [0.2, 0.25) is 11.8 Å². The normalized spacial score (nSPS) is 16.9. The summed E-state index contributed by atoms with van der Waals surface area (Å²) in [4.78, 5) is 13.7. The Bertz CT molecular complexity index is 1540. The van der Waals surface area contributed by atoms with Gasteiger partial charge in [0.15, 0.2) is 5.82 Å². The molecule has 12 heteroatoms. The van der Waals surface area contributed by atoms with E-state index in [1.54, 1.807) is 37.6 Å². The molecular weight excluding hydrogens is 594 g/mol. The molecule has 3 N–H and O–H groups in total. The van der Waals surface area contributed by atoms with Gasteiger partial charge < -0.3 is 24.8 Å². The van der Waals surface area contributed by atoms with E-state index in [0.717, 1.165) is 37.9 Å². The number of pyridine rings is 1. The van der Waals surface area contributed by atoms with Crippen molar-refractivity contribution in [3.63, 3.8) is 0 Å². The number of nitrogens with one attached hydrogen (secondary N) is 3. The molecule has 0 unspecified atom stereocenters. The van der Waals surface area contributed by atoms with Crippen LogP contribution in [0.25, 0.3) is 22.0 Å². The van der Waals surface area contributed by atoms with E-state index < -0.39 is 11.6 Å². The fraction of sp³-hybridized carbons (Fsp3) is 0.387. The van der Waals surface area contributed by atoms with Gasteiger partial charge in [-0.1, -0.05) is 36.9 Å². The van der Waals surface area contributed by atoms with E-state index in [0.29, 0.717) is 50.4 Å². The van der Waals surface area contributed by atoms with Gasteiger partial charge in [0, 0.05) is 37.5 Å². The van der Waals surface area contributed by atoms with Gasteiger partial charge in [-0.2, -0.15) is 0 Å². The van der Waals surface area contributed by atoms with Crippen LogP contribution >= 0.6 is 23.5 Å². The molecule has 1 saturated heterocycles. The fourth-order valence-corrected chi connectivity index (χ4v) is 6.17. The lowest BCUT2D eigenvalue weighted by molar-refractivity contribution is 0.119. The van der Waals surface area contributed by atoms with Crippen LogP contribution in [0.4, 0.5) is 20.4 Å². The van der Waals surface area contributed by atoms with E-state index in [1.807, 2.05) is 0 Å². The predicted octanol–water partition coefficient (Wildman–Crippen LogP) is 7.49. The number of anilines is 2. The summed E-state index contributed by atoms with van der Waals surface area (Å²) < 4.78 is 43.5. The largest absolute Gasteiger partial charge is 0.480 e. The molecule has 4 aromatic rings. The summed E-state index contributed by atoms with van der Waals surface area (Å²) >= 11 is 7.09. The molecule has 0 amide bonds. The quantitative estimate of drug-likeness (QED) is 0.172. The predicted molar refractivity (Wildman–Crippen MR) is 169 cm³/mol. The third kappa shape index (κ3) is 8.03. The van der Waals surface area contributed by atoms with Crippen molar-refractivity contribution in [2.24, 2.45) is 0 Å². The molecule has 2 fully saturated rings. The first-order valence-corrected chi connectivity index (χ1v) is 15.5. The molecule has 228 valence electrons. The average molecular weight is 629 g/mol. The Morgan fingerprint density at radius 1 is 1.00 bits per heavy atom. The second kappa shape index (κ2) is 15.0. The van der Waals surface area contributed by atoms with Crippen LogP contribution in [-0.2, 0) is 4.74 Å². The summed E-state index contributed by atoms with van der Waals surface area (Å²) in [5.74, 6) is -0.464. The van der Waals surface area contributed by atoms with Crippen LogP contribution in [-0.4, -0.2) is 54.4 Å². The molecule has 2 aromatic heterocycles. The van der Waals surface area contributed by atoms with Crippen LogP contribution in [0.3, 0.4) is 0 Å². The zero-order chi connectivity index (χ0) is 30.2. The van der Waals surface area contributed by atoms with Crippen LogP contribution in [0.15, 0.2) is 53.7 Å². The minimum absolute atomic E-state index is 0.113. The molecule has 3 heterocycles. The number of methoxy groups -OCH3 is 2. The van der Waals surface area contributed by atoms with Crippen molar-refractivity contribution in [2.45, 2.75) is 55.6 Å². The van der Waals surface area contributed by atoms with Gasteiger partial charge in [-0.3, -0.25) is 0 Å². The lowest BCUT2D eigenvalue weighted by atomic mass is 9.96. The van der Waals surface area contributed by atoms with Crippen molar-refractivity contribution < 1.29 is 18.3 Å². The maximum Gasteiger partial charge on any atom is 0.228 e. The first-order chi connectivity index (χ1) is 20.9. The molecule has 0 bridgehead atoms. The molecule has 2 aliphatic rings. The van der Waals surface area contributed by atoms with Crippen molar-refractivity contribution in [3.8, 4) is 17.0 Å². The summed E-state index contributed by atoms with van der Waals surface area (Å²) in [5, 5.41) is 7.72. The fourth-order valence-electron chi connectivity index (χ4n) is 5.16. The average Bonchev–Trinajstić information content (AvgIpc) is 3.56. The monoisotopic (exact) mass is 628 g/mol. The van der Waals surface area contributed by atoms with E-state index in [1.165, 1.54) is 51.1 Å². The zero-order valence-corrected chi connectivity index (χ0v) is 25.7. The minimum Gasteiger partial charge on any atom is -0.480 e. The number of nitrogens with zero attached hydrogens (tertiary/aromatic N) is 3. The maximum absolute atomic E-state index is 15.5. The molecule has 0 radical (unpaired) electrons. The van der Waals surface area contributed by atoms with Gasteiger partial charge in [-0.05, 0) is 73.7 Å². The number of rotatable bonds is 8. The third-order valence-electron chi connectivity index (χ3n) is 7.50. The van der Waals surface area contributed by atoms with Crippen molar-refractivity contribution in [1.29, 1.82) is 0 Å². The van der Waals surface area contributed by atoms with Gasteiger partial charge in [-0.15, -0.1) is 0 Å². The van der Waals surface area contributed by atoms with Crippen molar-refractivity contribution >= 4 is 46.1 Å². The molecule has 1 atom stereocenters. The standard InChI is InChI=1S/C26H24ClF2N5OS.C5H11NO/c1-35-25-22(12-17(27)14-30-25)36-34-21-10-8-19(28)23(24(21)29)15-7-9-20-16(11-15)13-31-26(33-20)32-18-5-3-2-4-6-18;1-7-5-2-3-6-4-5/h7-14,18,34H,2-6H2,1H3,(H,31,32,33);5-6H,2-4H2,1H3/t;5-/m.1/s1. The molecule has 0 spiro atoms. The maximum atomic E-state index is 15.5. The van der Waals surface area contributed by atoms with Crippen molar-refractivity contribution in [3.05, 3.63) is 65.4 Å². The van der Waals surface area contributed by atoms with E-state index in [9.17, 15) is 4.39 Å². The minimum atomic E-state index is -0.715. The smallest absolute Gasteiger partial charge is 0.228 e. The number of ether oxygens (including phenoxy) is 2. The van der Waals surface area contributed by atoms with Crippen LogP contribution in [0.5, 0.6) is 5.88 Å². The van der Waals surface area contributed by atoms with Crippen LogP contribution in [0, 0.1) is 11.6 Å². The molecule has 1 saturated carbocycles. The second-order valence-electron chi connectivity index (χ2n) is 10.4. The van der Waals surface area contributed by atoms with E-state index in [4.69, 9.17) is 21.1 Å². The number of hydrogen-bond donors (Lipinski definition) is 3. The van der Waals surface area contributed by atoms with E-state index in [2.05, 4.69) is 30.3 Å². The summed E-state index contributed by atoms with van der Waals surface area (Å²) in [5.41, 5.74) is 1.08. The van der Waals surface area contributed by atoms with Gasteiger partial charge in [0.05, 0.1) is 39.9 Å². The number of fused-ring (bicyclic) bond motifs is 1. The third-order valence-corrected chi connectivity index (χ3v) is 8.54. The number of halogens is 3. The summed E-state index contributed by atoms with van der Waals surface area (Å²) in [6, 6.07) is 9.73. The lowest BCUT2D eigenvalue weighted by Gasteiger charge is -2.22. The second-order valence-corrected chi connectivity index (χ2v) is 11.7. The molecule has 1 aliphatic heterocycles. The first-order valence-electron chi connectivity index (χ1n) is 14.3. The van der Waals surface area contributed by atoms with Crippen LogP contribution in [0.2, 0.25) is 5.02 Å². The van der Waals surface area contributed by atoms with E-state index >= 15 is 4.39 Å². The number of benzene rings is 2. The first kappa shape index (κ1) is 31.2. The van der Waals surface area contributed by atoms with Crippen LogP contribution in [0.1, 0.15) is 38.5 Å². The van der Waals surface area contributed by atoms with Gasteiger partial charge >= 0.3 is 0 Å². The van der Waals surface area contributed by atoms with Gasteiger partial charge in [-0.25, -0.2) is 23.7 Å². The highest BCUT2D eigenvalue weighted by molar-refractivity contribution is 8.00. The molecule has 1 aliphatic carbocycles. The summed E-state index contributed by atoms with van der Waals surface area (Å²) in [6.45, 7) is 2.16. The highest BCUT2D eigenvalue weighted by Gasteiger charge is 2.18. The van der Waals surface area contributed by atoms with Gasteiger partial charge in [0.25, 0.3) is 0 Å². The number of aromatic nitrogens is 3. The molecular formula is C31H35ClF2N6O2S. The van der Waals surface area contributed by atoms with Crippen LogP contribution < -0.4 is 20.1 Å². The Morgan fingerprint density at radius 3 is 2.56 bits per heavy atom. The number of hydrogen-bond acceptors (Lipinski definition) is 9. The SMILES string of the molecule is CO[C@@H]1CCNC1.COc1ncc(Cl)cc1SNc1ccc(F)c(-c2ccc3nc(NC4CCCCC4)ncc3c2)c1F. The Morgan fingerprint density at radius 2 is 1.84 bits per heavy atom. The Labute approximate surface area is 259 Å². The molecule has 8 nitrogen and oxygen atoms in total. The van der Waals surface area contributed by atoms with E-state index in [-0.39, 0.29) is 11.3 Å². The van der Waals surface area contributed by atoms with Crippen molar-refractivity contribution in [1.82, 2.24) is 20.3 Å². The molecule has 2 aromatic carbocycles. The zero-order valence-electron chi connectivity index (χ0n) is 24.1. The van der Waals surface area contributed by atoms with Crippen molar-refractivity contribution in [2.75, 3.05) is 37.3 Å².